The molecule has 4 nitrogen and oxygen atoms in total. The quantitative estimate of drug-likeness (QED) is 0.363. The van der Waals surface area contributed by atoms with E-state index in [-0.39, 0.29) is 5.97 Å². The van der Waals surface area contributed by atoms with Crippen molar-refractivity contribution in [3.8, 4) is 0 Å². The van der Waals surface area contributed by atoms with Gasteiger partial charge in [-0.15, -0.1) is 0 Å². The molecule has 1 aromatic carbocycles. The fraction of sp³-hybridized carbons (Fsp3) is 0.611. The molecule has 0 radical (unpaired) electrons. The van der Waals surface area contributed by atoms with Crippen molar-refractivity contribution < 1.29 is 14.3 Å². The third kappa shape index (κ3) is 10.2. The molecule has 22 heavy (non-hydrogen) atoms. The van der Waals surface area contributed by atoms with Gasteiger partial charge in [0.05, 0.1) is 6.61 Å². The van der Waals surface area contributed by atoms with Crippen LogP contribution < -0.4 is 5.73 Å². The highest BCUT2D eigenvalue weighted by molar-refractivity contribution is 5.65. The minimum absolute atomic E-state index is 0.200. The molecule has 0 saturated carbocycles. The van der Waals surface area contributed by atoms with Crippen LogP contribution in [0.3, 0.4) is 0 Å². The van der Waals surface area contributed by atoms with E-state index in [0.29, 0.717) is 6.61 Å². The van der Waals surface area contributed by atoms with Crippen molar-refractivity contribution in [3.05, 3.63) is 29.8 Å². The first-order valence-electron chi connectivity index (χ1n) is 8.24. The van der Waals surface area contributed by atoms with Crippen LogP contribution >= 0.6 is 0 Å². The molecule has 0 unspecified atom stereocenters. The summed E-state index contributed by atoms with van der Waals surface area (Å²) >= 11 is 0. The van der Waals surface area contributed by atoms with Crippen LogP contribution in [0.4, 0.5) is 5.69 Å². The highest BCUT2D eigenvalue weighted by Gasteiger charge is 1.96. The molecule has 0 fully saturated rings. The highest BCUT2D eigenvalue weighted by atomic mass is 16.5. The van der Waals surface area contributed by atoms with Gasteiger partial charge in [0.1, 0.15) is 0 Å². The molecule has 0 heterocycles. The number of esters is 1. The second-order valence-corrected chi connectivity index (χ2v) is 5.57. The normalized spacial score (nSPS) is 10.6. The van der Waals surface area contributed by atoms with Crippen LogP contribution in [-0.4, -0.2) is 25.8 Å². The van der Waals surface area contributed by atoms with Crippen molar-refractivity contribution in [2.75, 3.05) is 25.6 Å². The largest absolute Gasteiger partial charge is 0.466 e. The van der Waals surface area contributed by atoms with Gasteiger partial charge >= 0.3 is 5.97 Å². The maximum Gasteiger partial charge on any atom is 0.302 e. The van der Waals surface area contributed by atoms with Crippen LogP contribution in [0.15, 0.2) is 24.3 Å². The topological polar surface area (TPSA) is 61.5 Å². The Morgan fingerprint density at radius 2 is 1.68 bits per heavy atom. The van der Waals surface area contributed by atoms with Crippen LogP contribution in [0.25, 0.3) is 0 Å². The number of aryl methyl sites for hydroxylation is 1. The lowest BCUT2D eigenvalue weighted by Gasteiger charge is -2.05. The molecule has 4 heteroatoms. The molecule has 0 aliphatic rings. The average molecular weight is 307 g/mol. The van der Waals surface area contributed by atoms with Crippen molar-refractivity contribution in [3.63, 3.8) is 0 Å². The van der Waals surface area contributed by atoms with Gasteiger partial charge in [-0.05, 0) is 56.2 Å². The molecule has 0 aromatic heterocycles. The van der Waals surface area contributed by atoms with Gasteiger partial charge in [0.2, 0.25) is 0 Å². The Balaban J connectivity index is 1.83. The van der Waals surface area contributed by atoms with E-state index in [4.69, 9.17) is 15.2 Å². The number of carbonyl (C=O) groups is 1. The van der Waals surface area contributed by atoms with Crippen molar-refractivity contribution in [1.82, 2.24) is 0 Å². The van der Waals surface area contributed by atoms with Gasteiger partial charge in [-0.25, -0.2) is 0 Å². The minimum Gasteiger partial charge on any atom is -0.466 e. The number of hydrogen-bond acceptors (Lipinski definition) is 4. The molecule has 0 amide bonds. The number of hydrogen-bond donors (Lipinski definition) is 1. The number of ether oxygens (including phenoxy) is 2. The van der Waals surface area contributed by atoms with Crippen LogP contribution in [0.5, 0.6) is 0 Å². The Morgan fingerprint density at radius 3 is 2.36 bits per heavy atom. The lowest BCUT2D eigenvalue weighted by Crippen LogP contribution is -2.02. The molecule has 0 saturated heterocycles. The maximum absolute atomic E-state index is 10.6. The zero-order chi connectivity index (χ0) is 16.0. The van der Waals surface area contributed by atoms with E-state index < -0.39 is 0 Å². The Bertz CT molecular complexity index is 421. The number of nitrogens with two attached hydrogens (primary N) is 1. The monoisotopic (exact) mass is 307 g/mol. The third-order valence-corrected chi connectivity index (χ3v) is 3.44. The average Bonchev–Trinajstić information content (AvgIpc) is 2.48. The lowest BCUT2D eigenvalue weighted by molar-refractivity contribution is -0.141. The van der Waals surface area contributed by atoms with Crippen LogP contribution in [0, 0.1) is 0 Å². The SMILES string of the molecule is CC(=O)OCCCCCOCCCCCc1cccc(N)c1. The summed E-state index contributed by atoms with van der Waals surface area (Å²) < 4.78 is 10.5. The fourth-order valence-corrected chi connectivity index (χ4v) is 2.26. The summed E-state index contributed by atoms with van der Waals surface area (Å²) in [7, 11) is 0. The molecule has 0 aliphatic heterocycles. The Hall–Kier alpha value is -1.55. The Labute approximate surface area is 134 Å². The summed E-state index contributed by atoms with van der Waals surface area (Å²) in [5.74, 6) is -0.200. The first-order chi connectivity index (χ1) is 10.7. The molecule has 0 bridgehead atoms. The van der Waals surface area contributed by atoms with Gasteiger partial charge < -0.3 is 15.2 Å². The molecular weight excluding hydrogens is 278 g/mol. The van der Waals surface area contributed by atoms with Gasteiger partial charge in [-0.1, -0.05) is 18.6 Å². The van der Waals surface area contributed by atoms with E-state index in [1.54, 1.807) is 0 Å². The van der Waals surface area contributed by atoms with Crippen LogP contribution in [0.2, 0.25) is 0 Å². The summed E-state index contributed by atoms with van der Waals surface area (Å²) in [6.07, 6.45) is 7.55. The minimum atomic E-state index is -0.200. The van der Waals surface area contributed by atoms with E-state index in [2.05, 4.69) is 6.07 Å². The number of rotatable bonds is 12. The number of benzene rings is 1. The molecule has 1 rings (SSSR count). The summed E-state index contributed by atoms with van der Waals surface area (Å²) in [5, 5.41) is 0. The smallest absolute Gasteiger partial charge is 0.302 e. The first-order valence-corrected chi connectivity index (χ1v) is 8.24. The van der Waals surface area contributed by atoms with E-state index in [0.717, 1.165) is 51.0 Å². The van der Waals surface area contributed by atoms with Gasteiger partial charge in [0.25, 0.3) is 0 Å². The second kappa shape index (κ2) is 12.0. The van der Waals surface area contributed by atoms with Crippen molar-refractivity contribution in [2.45, 2.75) is 51.9 Å². The zero-order valence-corrected chi connectivity index (χ0v) is 13.7. The summed E-state index contributed by atoms with van der Waals surface area (Å²) in [6, 6.07) is 8.10. The summed E-state index contributed by atoms with van der Waals surface area (Å²) in [6.45, 7) is 3.60. The van der Waals surface area contributed by atoms with Gasteiger partial charge in [0.15, 0.2) is 0 Å². The molecular formula is C18H29NO3. The molecule has 2 N–H and O–H groups in total. The van der Waals surface area contributed by atoms with Crippen LogP contribution in [-0.2, 0) is 20.7 Å². The van der Waals surface area contributed by atoms with Crippen LogP contribution in [0.1, 0.15) is 51.0 Å². The molecule has 0 aliphatic carbocycles. The predicted octanol–water partition coefficient (Wildman–Crippen LogP) is 3.73. The molecule has 0 spiro atoms. The van der Waals surface area contributed by atoms with E-state index in [1.165, 1.54) is 25.3 Å². The van der Waals surface area contributed by atoms with E-state index >= 15 is 0 Å². The fourth-order valence-electron chi connectivity index (χ4n) is 2.26. The van der Waals surface area contributed by atoms with E-state index in [1.807, 2.05) is 18.2 Å². The molecule has 124 valence electrons. The summed E-state index contributed by atoms with van der Waals surface area (Å²) in [4.78, 5) is 10.6. The van der Waals surface area contributed by atoms with Gasteiger partial charge in [-0.2, -0.15) is 0 Å². The lowest BCUT2D eigenvalue weighted by atomic mass is 10.1. The zero-order valence-electron chi connectivity index (χ0n) is 13.7. The summed E-state index contributed by atoms with van der Waals surface area (Å²) in [5.41, 5.74) is 7.91. The van der Waals surface area contributed by atoms with Gasteiger partial charge in [-0.3, -0.25) is 4.79 Å². The third-order valence-electron chi connectivity index (χ3n) is 3.44. The number of carbonyl (C=O) groups excluding carboxylic acids is 1. The second-order valence-electron chi connectivity index (χ2n) is 5.57. The molecule has 1 aromatic rings. The Kier molecular flexibility index (Phi) is 10.1. The highest BCUT2D eigenvalue weighted by Crippen LogP contribution is 2.10. The van der Waals surface area contributed by atoms with Crippen molar-refractivity contribution in [2.24, 2.45) is 0 Å². The van der Waals surface area contributed by atoms with E-state index in [9.17, 15) is 4.79 Å². The van der Waals surface area contributed by atoms with Gasteiger partial charge in [0, 0.05) is 25.8 Å². The predicted molar refractivity (Wildman–Crippen MR) is 89.7 cm³/mol. The Morgan fingerprint density at radius 1 is 1.00 bits per heavy atom. The van der Waals surface area contributed by atoms with Crippen molar-refractivity contribution in [1.29, 1.82) is 0 Å². The standard InChI is InChI=1S/C18H29NO3/c1-16(20)22-14-7-3-6-13-21-12-5-2-4-9-17-10-8-11-18(19)15-17/h8,10-11,15H,2-7,9,12-14,19H2,1H3. The molecule has 0 atom stereocenters. The number of unbranched alkanes of at least 4 members (excludes halogenated alkanes) is 4. The number of anilines is 1. The first kappa shape index (κ1) is 18.5. The van der Waals surface area contributed by atoms with Crippen molar-refractivity contribution >= 4 is 11.7 Å². The number of nitrogen functional groups attached to an aromatic ring is 1. The maximum atomic E-state index is 10.6.